The zero-order chi connectivity index (χ0) is 25.7. The van der Waals surface area contributed by atoms with Crippen molar-refractivity contribution in [2.75, 3.05) is 19.6 Å². The molecule has 5 atom stereocenters. The highest BCUT2D eigenvalue weighted by molar-refractivity contribution is 5.72. The van der Waals surface area contributed by atoms with Crippen molar-refractivity contribution in [2.45, 2.75) is 103 Å². The van der Waals surface area contributed by atoms with Crippen molar-refractivity contribution >= 4 is 17.3 Å². The molecule has 2 aromatic rings. The van der Waals surface area contributed by atoms with Crippen LogP contribution in [0.25, 0.3) is 11.2 Å². The van der Waals surface area contributed by atoms with E-state index < -0.39 is 17.6 Å². The largest absolute Gasteiger partial charge is 0.444 e. The van der Waals surface area contributed by atoms with Crippen LogP contribution in [-0.4, -0.2) is 85.9 Å². The number of aromatic nitrogens is 4. The van der Waals surface area contributed by atoms with Crippen LogP contribution in [0.2, 0.25) is 0 Å². The van der Waals surface area contributed by atoms with Gasteiger partial charge in [0.1, 0.15) is 35.8 Å². The van der Waals surface area contributed by atoms with Crippen molar-refractivity contribution in [3.8, 4) is 0 Å². The standard InChI is InChI=1S/C25H38N6O5.H2/c1-15-18-21(28-13-27-15)31(14-29-18)22-20-19(34-25(5,6)35-20)17(33-22)12-30-11-7-8-16(30)9-10-26-23(32)36-24(2,3)4;/h13-14,16-17,19-20,22H,7-12H2,1-6H3,(H,26,32);1H/t16-,17+,19+,20+,22+;/m0./s1. The number of aryl methyl sites for hydroxylation is 1. The van der Waals surface area contributed by atoms with Crippen molar-refractivity contribution in [2.24, 2.45) is 0 Å². The number of likely N-dealkylation sites (tertiary alicyclic amines) is 1. The van der Waals surface area contributed by atoms with Crippen LogP contribution in [-0.2, 0) is 18.9 Å². The Morgan fingerprint density at radius 1 is 1.25 bits per heavy atom. The number of alkyl carbamates (subject to hydrolysis) is 1. The van der Waals surface area contributed by atoms with Crippen LogP contribution in [0.15, 0.2) is 12.7 Å². The molecule has 3 fully saturated rings. The molecule has 3 saturated heterocycles. The van der Waals surface area contributed by atoms with E-state index in [0.717, 1.165) is 49.2 Å². The van der Waals surface area contributed by atoms with Gasteiger partial charge in [0.15, 0.2) is 17.7 Å². The lowest BCUT2D eigenvalue weighted by atomic mass is 10.1. The van der Waals surface area contributed by atoms with Gasteiger partial charge in [-0.05, 0) is 67.3 Å². The number of hydrogen-bond acceptors (Lipinski definition) is 9. The summed E-state index contributed by atoms with van der Waals surface area (Å²) in [6.07, 6.45) is 4.97. The molecule has 3 aliphatic rings. The lowest BCUT2D eigenvalue weighted by Gasteiger charge is -2.30. The Kier molecular flexibility index (Phi) is 6.69. The number of carbonyl (C=O) groups excluding carboxylic acids is 1. The summed E-state index contributed by atoms with van der Waals surface area (Å²) in [6.45, 7) is 13.7. The molecule has 0 unspecified atom stereocenters. The first kappa shape index (κ1) is 25.3. The highest BCUT2D eigenvalue weighted by Gasteiger charge is 2.56. The average Bonchev–Trinajstić information content (AvgIpc) is 3.52. The molecular weight excluding hydrogens is 464 g/mol. The van der Waals surface area contributed by atoms with Gasteiger partial charge in [-0.15, -0.1) is 0 Å². The second kappa shape index (κ2) is 9.51. The van der Waals surface area contributed by atoms with E-state index in [1.165, 1.54) is 0 Å². The van der Waals surface area contributed by atoms with Crippen LogP contribution in [0.1, 0.15) is 67.2 Å². The smallest absolute Gasteiger partial charge is 0.407 e. The quantitative estimate of drug-likeness (QED) is 0.634. The van der Waals surface area contributed by atoms with Gasteiger partial charge < -0.3 is 24.3 Å². The fourth-order valence-electron chi connectivity index (χ4n) is 5.53. The maximum absolute atomic E-state index is 12.0. The van der Waals surface area contributed by atoms with Gasteiger partial charge in [0.05, 0.1) is 12.0 Å². The number of carbonyl (C=O) groups is 1. The van der Waals surface area contributed by atoms with Gasteiger partial charge >= 0.3 is 6.09 Å². The Hall–Kier alpha value is -2.34. The van der Waals surface area contributed by atoms with E-state index in [2.05, 4.69) is 25.2 Å². The predicted molar refractivity (Wildman–Crippen MR) is 133 cm³/mol. The van der Waals surface area contributed by atoms with Gasteiger partial charge in [-0.2, -0.15) is 0 Å². The third-order valence-corrected chi connectivity index (χ3v) is 7.00. The summed E-state index contributed by atoms with van der Waals surface area (Å²) in [4.78, 5) is 27.7. The molecule has 0 bridgehead atoms. The van der Waals surface area contributed by atoms with Crippen molar-refractivity contribution in [1.29, 1.82) is 0 Å². The van der Waals surface area contributed by atoms with Gasteiger partial charge in [0.2, 0.25) is 0 Å². The molecule has 200 valence electrons. The van der Waals surface area contributed by atoms with Crippen LogP contribution >= 0.6 is 0 Å². The number of hydrogen-bond donors (Lipinski definition) is 1. The first-order valence-corrected chi connectivity index (χ1v) is 12.9. The normalized spacial score (nSPS) is 30.1. The number of rotatable bonds is 6. The van der Waals surface area contributed by atoms with Crippen molar-refractivity contribution in [1.82, 2.24) is 29.7 Å². The molecule has 0 aromatic carbocycles. The van der Waals surface area contributed by atoms with Gasteiger partial charge in [-0.25, -0.2) is 19.7 Å². The van der Waals surface area contributed by atoms with E-state index >= 15 is 0 Å². The number of imidazole rings is 1. The second-order valence-corrected chi connectivity index (χ2v) is 11.4. The summed E-state index contributed by atoms with van der Waals surface area (Å²) in [5, 5.41) is 2.89. The summed E-state index contributed by atoms with van der Waals surface area (Å²) in [6, 6.07) is 0.362. The van der Waals surface area contributed by atoms with Crippen LogP contribution < -0.4 is 5.32 Å². The van der Waals surface area contributed by atoms with Crippen molar-refractivity contribution < 1.29 is 25.2 Å². The number of amides is 1. The minimum Gasteiger partial charge on any atom is -0.444 e. The van der Waals surface area contributed by atoms with Crippen molar-refractivity contribution in [3.63, 3.8) is 0 Å². The summed E-state index contributed by atoms with van der Waals surface area (Å²) >= 11 is 0. The third kappa shape index (κ3) is 5.20. The Labute approximate surface area is 213 Å². The van der Waals surface area contributed by atoms with Gasteiger partial charge in [0, 0.05) is 20.6 Å². The summed E-state index contributed by atoms with van der Waals surface area (Å²) in [7, 11) is 0. The fourth-order valence-corrected chi connectivity index (χ4v) is 5.53. The minimum absolute atomic E-state index is 0. The molecule has 11 nitrogen and oxygen atoms in total. The van der Waals surface area contributed by atoms with E-state index in [0.29, 0.717) is 12.6 Å². The van der Waals surface area contributed by atoms with Crippen LogP contribution in [0.4, 0.5) is 4.79 Å². The molecule has 36 heavy (non-hydrogen) atoms. The van der Waals surface area contributed by atoms with E-state index in [-0.39, 0.29) is 25.8 Å². The monoisotopic (exact) mass is 504 g/mol. The molecular formula is C25H40N6O5. The fraction of sp³-hybridized carbons (Fsp3) is 0.760. The first-order valence-electron chi connectivity index (χ1n) is 12.9. The van der Waals surface area contributed by atoms with Gasteiger partial charge in [-0.3, -0.25) is 9.47 Å². The summed E-state index contributed by atoms with van der Waals surface area (Å²) in [5.74, 6) is -0.696. The maximum atomic E-state index is 12.0. The third-order valence-electron chi connectivity index (χ3n) is 7.00. The molecule has 1 N–H and O–H groups in total. The zero-order valence-electron chi connectivity index (χ0n) is 22.1. The van der Waals surface area contributed by atoms with E-state index in [1.54, 1.807) is 12.7 Å². The molecule has 5 rings (SSSR count). The Morgan fingerprint density at radius 2 is 2.03 bits per heavy atom. The van der Waals surface area contributed by atoms with Crippen LogP contribution in [0, 0.1) is 6.92 Å². The number of ether oxygens (including phenoxy) is 4. The van der Waals surface area contributed by atoms with E-state index in [9.17, 15) is 4.79 Å². The van der Waals surface area contributed by atoms with Crippen LogP contribution in [0.5, 0.6) is 0 Å². The number of nitrogens with zero attached hydrogens (tertiary/aromatic N) is 5. The molecule has 5 heterocycles. The Balaban J connectivity index is 0.00000320. The molecule has 2 aromatic heterocycles. The molecule has 0 radical (unpaired) electrons. The number of fused-ring (bicyclic) bond motifs is 2. The predicted octanol–water partition coefficient (Wildman–Crippen LogP) is 3.18. The highest BCUT2D eigenvalue weighted by atomic mass is 16.8. The summed E-state index contributed by atoms with van der Waals surface area (Å²) in [5.41, 5.74) is 1.82. The average molecular weight is 505 g/mol. The highest BCUT2D eigenvalue weighted by Crippen LogP contribution is 2.44. The molecule has 0 saturated carbocycles. The van der Waals surface area contributed by atoms with Gasteiger partial charge in [-0.1, -0.05) is 0 Å². The minimum atomic E-state index is -0.696. The molecule has 0 spiro atoms. The lowest BCUT2D eigenvalue weighted by Crippen LogP contribution is -2.43. The lowest BCUT2D eigenvalue weighted by molar-refractivity contribution is -0.198. The zero-order valence-corrected chi connectivity index (χ0v) is 22.1. The maximum Gasteiger partial charge on any atom is 0.407 e. The molecule has 0 aliphatic carbocycles. The first-order chi connectivity index (χ1) is 17.0. The second-order valence-electron chi connectivity index (χ2n) is 11.4. The van der Waals surface area contributed by atoms with Crippen LogP contribution in [0.3, 0.4) is 0 Å². The van der Waals surface area contributed by atoms with Gasteiger partial charge in [0.25, 0.3) is 0 Å². The Bertz CT molecular complexity index is 1100. The topological polar surface area (TPSA) is 113 Å². The van der Waals surface area contributed by atoms with Crippen molar-refractivity contribution in [3.05, 3.63) is 18.3 Å². The van der Waals surface area contributed by atoms with E-state index in [4.69, 9.17) is 18.9 Å². The number of nitrogens with one attached hydrogen (secondary N) is 1. The molecule has 1 amide bonds. The Morgan fingerprint density at radius 3 is 2.81 bits per heavy atom. The SMILES string of the molecule is Cc1ncnc2c1ncn2[C@@H]1O[C@H](CN2CCC[C@H]2CCNC(=O)OC(C)(C)C)[C@H]2OC(C)(C)O[C@H]21.[HH]. The molecule has 11 heteroatoms. The van der Waals surface area contributed by atoms with E-state index in [1.807, 2.05) is 46.1 Å². The molecule has 3 aliphatic heterocycles. The summed E-state index contributed by atoms with van der Waals surface area (Å²) < 4.78 is 26.6.